The van der Waals surface area contributed by atoms with E-state index in [1.807, 2.05) is 0 Å². The molecule has 0 unspecified atom stereocenters. The lowest BCUT2D eigenvalue weighted by Crippen LogP contribution is -2.48. The molecule has 8 heteroatoms. The Balaban J connectivity index is 1.58. The minimum atomic E-state index is -3.30. The molecule has 0 saturated carbocycles. The van der Waals surface area contributed by atoms with Crippen LogP contribution in [0.5, 0.6) is 0 Å². The van der Waals surface area contributed by atoms with Crippen molar-refractivity contribution in [2.45, 2.75) is 24.1 Å². The van der Waals surface area contributed by atoms with Crippen LogP contribution in [-0.2, 0) is 23.0 Å². The summed E-state index contributed by atoms with van der Waals surface area (Å²) in [6.45, 7) is 5.52. The second-order valence-electron chi connectivity index (χ2n) is 5.20. The molecule has 0 aromatic carbocycles. The van der Waals surface area contributed by atoms with E-state index in [0.29, 0.717) is 17.3 Å². The molecule has 1 aliphatic rings. The van der Waals surface area contributed by atoms with Crippen LogP contribution in [0.15, 0.2) is 27.1 Å². The molecule has 1 saturated heterocycles. The number of piperazine rings is 1. The highest BCUT2D eigenvalue weighted by molar-refractivity contribution is 7.91. The number of thiophene rings is 1. The van der Waals surface area contributed by atoms with Crippen LogP contribution in [0.25, 0.3) is 0 Å². The zero-order chi connectivity index (χ0) is 15.6. The number of aryl methyl sites for hydroxylation is 1. The molecule has 120 valence electrons. The molecule has 2 aromatic heterocycles. The summed E-state index contributed by atoms with van der Waals surface area (Å²) in [5.41, 5.74) is 1.09. The molecule has 5 nitrogen and oxygen atoms in total. The lowest BCUT2D eigenvalue weighted by atomic mass is 10.3. The molecule has 0 bridgehead atoms. The Morgan fingerprint density at radius 2 is 2.00 bits per heavy atom. The average Bonchev–Trinajstić information content (AvgIpc) is 3.19. The molecule has 0 amide bonds. The second-order valence-corrected chi connectivity index (χ2v) is 9.25. The van der Waals surface area contributed by atoms with Gasteiger partial charge in [-0.15, -0.1) is 22.7 Å². The SMILES string of the molecule is CCc1nc(CN2CCN(S(=O)(=O)c3cccs3)CC2)cs1. The molecule has 0 atom stereocenters. The van der Waals surface area contributed by atoms with Crippen LogP contribution in [-0.4, -0.2) is 48.8 Å². The highest BCUT2D eigenvalue weighted by Gasteiger charge is 2.29. The Morgan fingerprint density at radius 3 is 2.59 bits per heavy atom. The average molecular weight is 358 g/mol. The Hall–Kier alpha value is -0.800. The number of thiazole rings is 1. The summed E-state index contributed by atoms with van der Waals surface area (Å²) in [5, 5.41) is 5.07. The van der Waals surface area contributed by atoms with Crippen LogP contribution in [0.3, 0.4) is 0 Å². The first-order chi connectivity index (χ1) is 10.6. The van der Waals surface area contributed by atoms with Crippen molar-refractivity contribution >= 4 is 32.7 Å². The van der Waals surface area contributed by atoms with Gasteiger partial charge < -0.3 is 0 Å². The highest BCUT2D eigenvalue weighted by atomic mass is 32.2. The van der Waals surface area contributed by atoms with Gasteiger partial charge in [0.05, 0.1) is 10.7 Å². The molecule has 22 heavy (non-hydrogen) atoms. The summed E-state index contributed by atoms with van der Waals surface area (Å²) in [6.07, 6.45) is 0.970. The molecule has 1 fully saturated rings. The van der Waals surface area contributed by atoms with Gasteiger partial charge in [-0.3, -0.25) is 4.90 Å². The van der Waals surface area contributed by atoms with E-state index in [1.165, 1.54) is 11.3 Å². The van der Waals surface area contributed by atoms with Crippen LogP contribution in [0.1, 0.15) is 17.6 Å². The van der Waals surface area contributed by atoms with E-state index in [-0.39, 0.29) is 0 Å². The Kier molecular flexibility index (Phi) is 4.94. The summed E-state index contributed by atoms with van der Waals surface area (Å²) < 4.78 is 27.0. The van der Waals surface area contributed by atoms with Crippen LogP contribution in [0.4, 0.5) is 0 Å². The van der Waals surface area contributed by atoms with Crippen LogP contribution < -0.4 is 0 Å². The molecule has 0 spiro atoms. The third-order valence-corrected chi connectivity index (χ3v) is 8.02. The number of hydrogen-bond donors (Lipinski definition) is 0. The predicted molar refractivity (Wildman–Crippen MR) is 89.8 cm³/mol. The van der Waals surface area contributed by atoms with Crippen LogP contribution in [0.2, 0.25) is 0 Å². The van der Waals surface area contributed by atoms with Gasteiger partial charge in [-0.1, -0.05) is 13.0 Å². The molecule has 2 aromatic rings. The fraction of sp³-hybridized carbons (Fsp3) is 0.500. The lowest BCUT2D eigenvalue weighted by molar-refractivity contribution is 0.180. The zero-order valence-corrected chi connectivity index (χ0v) is 14.9. The standard InChI is InChI=1S/C14H19N3O2S3/c1-2-13-15-12(11-21-13)10-16-5-7-17(8-6-16)22(18,19)14-4-3-9-20-14/h3-4,9,11H,2,5-8,10H2,1H3. The molecule has 1 aliphatic heterocycles. The van der Waals surface area contributed by atoms with E-state index in [0.717, 1.165) is 36.8 Å². The smallest absolute Gasteiger partial charge is 0.252 e. The molecule has 0 N–H and O–H groups in total. The Morgan fingerprint density at radius 1 is 1.23 bits per heavy atom. The van der Waals surface area contributed by atoms with Gasteiger partial charge in [-0.25, -0.2) is 13.4 Å². The fourth-order valence-electron chi connectivity index (χ4n) is 2.48. The minimum absolute atomic E-state index is 0.438. The van der Waals surface area contributed by atoms with E-state index >= 15 is 0 Å². The number of hydrogen-bond acceptors (Lipinski definition) is 6. The van der Waals surface area contributed by atoms with Crippen molar-refractivity contribution in [3.8, 4) is 0 Å². The van der Waals surface area contributed by atoms with Crippen molar-refractivity contribution in [2.24, 2.45) is 0 Å². The highest BCUT2D eigenvalue weighted by Crippen LogP contribution is 2.22. The van der Waals surface area contributed by atoms with E-state index in [2.05, 4.69) is 22.2 Å². The monoisotopic (exact) mass is 357 g/mol. The van der Waals surface area contributed by atoms with E-state index in [1.54, 1.807) is 33.2 Å². The second kappa shape index (κ2) is 6.76. The van der Waals surface area contributed by atoms with Crippen molar-refractivity contribution in [1.82, 2.24) is 14.2 Å². The number of nitrogens with zero attached hydrogens (tertiary/aromatic N) is 3. The quantitative estimate of drug-likeness (QED) is 0.824. The first kappa shape index (κ1) is 16.1. The molecular weight excluding hydrogens is 338 g/mol. The maximum atomic E-state index is 12.5. The summed E-state index contributed by atoms with van der Waals surface area (Å²) in [7, 11) is -3.30. The largest absolute Gasteiger partial charge is 0.295 e. The topological polar surface area (TPSA) is 53.5 Å². The van der Waals surface area contributed by atoms with Gasteiger partial charge in [-0.05, 0) is 17.9 Å². The summed E-state index contributed by atoms with van der Waals surface area (Å²) in [4.78, 5) is 6.85. The van der Waals surface area contributed by atoms with Gasteiger partial charge in [-0.2, -0.15) is 4.31 Å². The van der Waals surface area contributed by atoms with Gasteiger partial charge in [0, 0.05) is 38.1 Å². The van der Waals surface area contributed by atoms with E-state index in [4.69, 9.17) is 0 Å². The van der Waals surface area contributed by atoms with Gasteiger partial charge in [0.25, 0.3) is 10.0 Å². The predicted octanol–water partition coefficient (Wildman–Crippen LogP) is 2.27. The van der Waals surface area contributed by atoms with E-state index < -0.39 is 10.0 Å². The summed E-state index contributed by atoms with van der Waals surface area (Å²) >= 11 is 2.98. The maximum absolute atomic E-state index is 12.5. The Labute approximate surface area is 139 Å². The number of sulfonamides is 1. The van der Waals surface area contributed by atoms with Gasteiger partial charge in [0.1, 0.15) is 4.21 Å². The molecular formula is C14H19N3O2S3. The fourth-order valence-corrected chi connectivity index (χ4v) is 5.78. The first-order valence-corrected chi connectivity index (χ1v) is 10.5. The maximum Gasteiger partial charge on any atom is 0.252 e. The first-order valence-electron chi connectivity index (χ1n) is 7.29. The van der Waals surface area contributed by atoms with Crippen molar-refractivity contribution in [2.75, 3.05) is 26.2 Å². The minimum Gasteiger partial charge on any atom is -0.295 e. The van der Waals surface area contributed by atoms with Crippen LogP contribution in [0, 0.1) is 0 Å². The molecule has 0 radical (unpaired) electrons. The zero-order valence-electron chi connectivity index (χ0n) is 12.4. The van der Waals surface area contributed by atoms with Crippen molar-refractivity contribution < 1.29 is 8.42 Å². The van der Waals surface area contributed by atoms with Crippen molar-refractivity contribution in [1.29, 1.82) is 0 Å². The number of rotatable bonds is 5. The van der Waals surface area contributed by atoms with E-state index in [9.17, 15) is 8.42 Å². The third kappa shape index (κ3) is 3.41. The van der Waals surface area contributed by atoms with Crippen molar-refractivity contribution in [3.05, 3.63) is 33.6 Å². The van der Waals surface area contributed by atoms with Crippen molar-refractivity contribution in [3.63, 3.8) is 0 Å². The third-order valence-electron chi connectivity index (χ3n) is 3.71. The normalized spacial score (nSPS) is 17.9. The molecule has 3 heterocycles. The van der Waals surface area contributed by atoms with Crippen LogP contribution >= 0.6 is 22.7 Å². The molecule has 0 aliphatic carbocycles. The summed E-state index contributed by atoms with van der Waals surface area (Å²) in [5.74, 6) is 0. The van der Waals surface area contributed by atoms with Gasteiger partial charge in [0.2, 0.25) is 0 Å². The Bertz CT molecular complexity index is 702. The summed E-state index contributed by atoms with van der Waals surface area (Å²) in [6, 6.07) is 3.45. The number of aromatic nitrogens is 1. The van der Waals surface area contributed by atoms with Gasteiger partial charge in [0.15, 0.2) is 0 Å². The lowest BCUT2D eigenvalue weighted by Gasteiger charge is -2.33. The molecule has 3 rings (SSSR count). The van der Waals surface area contributed by atoms with Gasteiger partial charge >= 0.3 is 0 Å².